The Labute approximate surface area is 162 Å². The third-order valence-electron chi connectivity index (χ3n) is 4.52. The Bertz CT molecular complexity index is 925. The number of anilines is 2. The van der Waals surface area contributed by atoms with Crippen molar-refractivity contribution in [2.24, 2.45) is 0 Å². The minimum absolute atomic E-state index is 0.0689. The van der Waals surface area contributed by atoms with Crippen LogP contribution in [0.15, 0.2) is 48.8 Å². The van der Waals surface area contributed by atoms with Gasteiger partial charge in [-0.3, -0.25) is 19.5 Å². The maximum Gasteiger partial charge on any atom is 0.335 e. The number of carbonyl (C=O) groups excluding carboxylic acids is 2. The molecule has 28 heavy (non-hydrogen) atoms. The standard InChI is InChI=1S/C21H21N3O4/c1-2-3-12-23-17-6-5-16(21(27)28)13-18(17)24(14-20(23)26)19(25)7-4-15-8-10-22-11-9-15/h4-11,13H,2-3,12,14H2,1H3,(H,27,28)/b7-4+. The fourth-order valence-corrected chi connectivity index (χ4v) is 3.03. The number of unbranched alkanes of at least 4 members (excludes halogenated alkanes) is 1. The zero-order valence-electron chi connectivity index (χ0n) is 15.5. The van der Waals surface area contributed by atoms with Gasteiger partial charge >= 0.3 is 5.97 Å². The van der Waals surface area contributed by atoms with Gasteiger partial charge in [-0.1, -0.05) is 13.3 Å². The number of carboxylic acid groups (broad SMARTS) is 1. The van der Waals surface area contributed by atoms with Crippen LogP contribution < -0.4 is 9.80 Å². The summed E-state index contributed by atoms with van der Waals surface area (Å²) in [7, 11) is 0. The lowest BCUT2D eigenvalue weighted by molar-refractivity contribution is -0.120. The number of nitrogens with zero attached hydrogens (tertiary/aromatic N) is 3. The van der Waals surface area contributed by atoms with E-state index in [4.69, 9.17) is 0 Å². The van der Waals surface area contributed by atoms with Gasteiger partial charge in [0.25, 0.3) is 5.91 Å². The molecule has 7 nitrogen and oxygen atoms in total. The number of aromatic carboxylic acids is 1. The van der Waals surface area contributed by atoms with Crippen LogP contribution in [0.2, 0.25) is 0 Å². The first kappa shape index (κ1) is 19.3. The molecular formula is C21H21N3O4. The molecule has 0 unspecified atom stereocenters. The van der Waals surface area contributed by atoms with Crippen LogP contribution in [0.5, 0.6) is 0 Å². The summed E-state index contributed by atoms with van der Waals surface area (Å²) >= 11 is 0. The number of carbonyl (C=O) groups is 3. The summed E-state index contributed by atoms with van der Waals surface area (Å²) in [6.45, 7) is 2.44. The molecule has 2 amide bonds. The van der Waals surface area contributed by atoms with E-state index in [1.807, 2.05) is 6.92 Å². The van der Waals surface area contributed by atoms with Gasteiger partial charge in [0.15, 0.2) is 0 Å². The Morgan fingerprint density at radius 2 is 1.93 bits per heavy atom. The molecule has 1 aliphatic heterocycles. The average Bonchev–Trinajstić information content (AvgIpc) is 2.71. The monoisotopic (exact) mass is 379 g/mol. The first-order valence-corrected chi connectivity index (χ1v) is 9.08. The van der Waals surface area contributed by atoms with Crippen LogP contribution in [0.4, 0.5) is 11.4 Å². The number of pyridine rings is 1. The third-order valence-corrected chi connectivity index (χ3v) is 4.52. The van der Waals surface area contributed by atoms with Crippen molar-refractivity contribution in [2.75, 3.05) is 22.9 Å². The van der Waals surface area contributed by atoms with Gasteiger partial charge < -0.3 is 10.0 Å². The number of benzene rings is 1. The summed E-state index contributed by atoms with van der Waals surface area (Å²) in [6, 6.07) is 8.01. The molecule has 1 aliphatic rings. The average molecular weight is 379 g/mol. The minimum atomic E-state index is -1.08. The Morgan fingerprint density at radius 3 is 2.61 bits per heavy atom. The van der Waals surface area contributed by atoms with Gasteiger partial charge in [0.05, 0.1) is 16.9 Å². The quantitative estimate of drug-likeness (QED) is 0.779. The number of hydrogen-bond acceptors (Lipinski definition) is 4. The highest BCUT2D eigenvalue weighted by atomic mass is 16.4. The SMILES string of the molecule is CCCCN1C(=O)CN(C(=O)/C=C/c2ccncc2)c2cc(C(=O)O)ccc21. The zero-order valence-corrected chi connectivity index (χ0v) is 15.5. The second-order valence-corrected chi connectivity index (χ2v) is 6.45. The molecule has 144 valence electrons. The fourth-order valence-electron chi connectivity index (χ4n) is 3.03. The molecule has 0 atom stereocenters. The smallest absolute Gasteiger partial charge is 0.335 e. The number of rotatable bonds is 6. The van der Waals surface area contributed by atoms with Gasteiger partial charge in [-0.2, -0.15) is 0 Å². The van der Waals surface area contributed by atoms with Crippen molar-refractivity contribution >= 4 is 35.2 Å². The second-order valence-electron chi connectivity index (χ2n) is 6.45. The van der Waals surface area contributed by atoms with Crippen molar-refractivity contribution in [3.05, 3.63) is 59.9 Å². The lowest BCUT2D eigenvalue weighted by Crippen LogP contribution is -2.48. The molecule has 1 aromatic carbocycles. The zero-order chi connectivity index (χ0) is 20.1. The number of fused-ring (bicyclic) bond motifs is 1. The van der Waals surface area contributed by atoms with Crippen molar-refractivity contribution in [1.82, 2.24) is 4.98 Å². The highest BCUT2D eigenvalue weighted by Gasteiger charge is 2.32. The highest BCUT2D eigenvalue weighted by molar-refractivity contribution is 6.15. The van der Waals surface area contributed by atoms with Crippen molar-refractivity contribution in [2.45, 2.75) is 19.8 Å². The molecule has 1 N–H and O–H groups in total. The second kappa shape index (κ2) is 8.47. The molecule has 0 fully saturated rings. The molecule has 0 spiro atoms. The van der Waals surface area contributed by atoms with E-state index in [2.05, 4.69) is 4.98 Å². The van der Waals surface area contributed by atoms with Crippen molar-refractivity contribution < 1.29 is 19.5 Å². The van der Waals surface area contributed by atoms with Crippen LogP contribution in [0.1, 0.15) is 35.7 Å². The lowest BCUT2D eigenvalue weighted by Gasteiger charge is -2.36. The van der Waals surface area contributed by atoms with E-state index in [-0.39, 0.29) is 23.9 Å². The first-order valence-electron chi connectivity index (χ1n) is 9.08. The number of amides is 2. The highest BCUT2D eigenvalue weighted by Crippen LogP contribution is 2.35. The summed E-state index contributed by atoms with van der Waals surface area (Å²) in [5, 5.41) is 9.32. The predicted octanol–water partition coefficient (Wildman–Crippen LogP) is 2.97. The fraction of sp³-hybridized carbons (Fsp3) is 0.238. The molecule has 0 saturated heterocycles. The molecule has 2 aromatic rings. The van der Waals surface area contributed by atoms with Crippen LogP contribution in [-0.2, 0) is 9.59 Å². The predicted molar refractivity (Wildman–Crippen MR) is 106 cm³/mol. The number of aromatic nitrogens is 1. The van der Waals surface area contributed by atoms with Gasteiger partial charge in [0.2, 0.25) is 5.91 Å². The first-order chi connectivity index (χ1) is 13.5. The minimum Gasteiger partial charge on any atom is -0.478 e. The van der Waals surface area contributed by atoms with Crippen molar-refractivity contribution in [3.8, 4) is 0 Å². The Morgan fingerprint density at radius 1 is 1.18 bits per heavy atom. The van der Waals surface area contributed by atoms with Crippen LogP contribution >= 0.6 is 0 Å². The number of hydrogen-bond donors (Lipinski definition) is 1. The van der Waals surface area contributed by atoms with Gasteiger partial charge in [-0.05, 0) is 48.4 Å². The van der Waals surface area contributed by atoms with E-state index in [1.54, 1.807) is 41.6 Å². The van der Waals surface area contributed by atoms with E-state index < -0.39 is 5.97 Å². The molecule has 1 aromatic heterocycles. The van der Waals surface area contributed by atoms with E-state index in [1.165, 1.54) is 23.1 Å². The third kappa shape index (κ3) is 4.09. The van der Waals surface area contributed by atoms with Gasteiger partial charge in [0.1, 0.15) is 6.54 Å². The van der Waals surface area contributed by atoms with E-state index in [9.17, 15) is 19.5 Å². The Kier molecular flexibility index (Phi) is 5.84. The Balaban J connectivity index is 1.96. The largest absolute Gasteiger partial charge is 0.478 e. The Hall–Kier alpha value is -3.48. The summed E-state index contributed by atoms with van der Waals surface area (Å²) < 4.78 is 0. The molecular weight excluding hydrogens is 358 g/mol. The summed E-state index contributed by atoms with van der Waals surface area (Å²) in [4.78, 5) is 43.7. The molecule has 3 rings (SSSR count). The molecule has 0 saturated carbocycles. The van der Waals surface area contributed by atoms with E-state index >= 15 is 0 Å². The maximum absolute atomic E-state index is 12.8. The van der Waals surface area contributed by atoms with Gasteiger partial charge in [-0.25, -0.2) is 4.79 Å². The summed E-state index contributed by atoms with van der Waals surface area (Å²) in [6.07, 6.45) is 7.99. The van der Waals surface area contributed by atoms with Crippen LogP contribution in [0.25, 0.3) is 6.08 Å². The number of carboxylic acids is 1. The topological polar surface area (TPSA) is 90.8 Å². The molecule has 0 bridgehead atoms. The maximum atomic E-state index is 12.8. The summed E-state index contributed by atoms with van der Waals surface area (Å²) in [5.41, 5.74) is 1.86. The molecule has 0 radical (unpaired) electrons. The van der Waals surface area contributed by atoms with Crippen LogP contribution in [0, 0.1) is 0 Å². The van der Waals surface area contributed by atoms with Gasteiger partial charge in [-0.15, -0.1) is 0 Å². The van der Waals surface area contributed by atoms with Crippen LogP contribution in [0.3, 0.4) is 0 Å². The lowest BCUT2D eigenvalue weighted by atomic mass is 10.1. The summed E-state index contributed by atoms with van der Waals surface area (Å²) in [5.74, 6) is -1.65. The van der Waals surface area contributed by atoms with E-state index in [0.717, 1.165) is 18.4 Å². The molecule has 2 heterocycles. The van der Waals surface area contributed by atoms with Crippen molar-refractivity contribution in [1.29, 1.82) is 0 Å². The molecule has 7 heteroatoms. The normalized spacial score (nSPS) is 13.7. The van der Waals surface area contributed by atoms with Crippen LogP contribution in [-0.4, -0.2) is 41.0 Å². The van der Waals surface area contributed by atoms with Gasteiger partial charge in [0, 0.05) is 25.0 Å². The van der Waals surface area contributed by atoms with Crippen molar-refractivity contribution in [3.63, 3.8) is 0 Å². The van der Waals surface area contributed by atoms with E-state index in [0.29, 0.717) is 17.9 Å². The molecule has 0 aliphatic carbocycles.